The Morgan fingerprint density at radius 2 is 2.00 bits per heavy atom. The molecule has 2 N–H and O–H groups in total. The molecule has 0 saturated heterocycles. The molecule has 0 aromatic heterocycles. The van der Waals surface area contributed by atoms with Gasteiger partial charge in [-0.3, -0.25) is 0 Å². The predicted molar refractivity (Wildman–Crippen MR) is 88.8 cm³/mol. The van der Waals surface area contributed by atoms with Gasteiger partial charge in [-0.2, -0.15) is 0 Å². The third kappa shape index (κ3) is 3.39. The molecule has 110 valence electrons. The fourth-order valence-electron chi connectivity index (χ4n) is 2.26. The van der Waals surface area contributed by atoms with Gasteiger partial charge in [0.2, 0.25) is 0 Å². The first-order chi connectivity index (χ1) is 9.98. The van der Waals surface area contributed by atoms with Crippen LogP contribution >= 0.6 is 27.5 Å². The van der Waals surface area contributed by atoms with Gasteiger partial charge in [-0.05, 0) is 42.3 Å². The smallest absolute Gasteiger partial charge is 0.334 e. The first-order valence-corrected chi connectivity index (χ1v) is 7.68. The Morgan fingerprint density at radius 3 is 2.57 bits per heavy atom. The van der Waals surface area contributed by atoms with E-state index in [-0.39, 0.29) is 0 Å². The maximum Gasteiger partial charge on any atom is 0.334 e. The summed E-state index contributed by atoms with van der Waals surface area (Å²) in [6.45, 7) is 1.83. The average Bonchev–Trinajstić information content (AvgIpc) is 2.44. The highest BCUT2D eigenvalue weighted by atomic mass is 79.9. The third-order valence-electron chi connectivity index (χ3n) is 3.40. The molecule has 3 nitrogen and oxygen atoms in total. The average molecular weight is 369 g/mol. The van der Waals surface area contributed by atoms with E-state index in [0.717, 1.165) is 10.2 Å². The van der Waals surface area contributed by atoms with Crippen LogP contribution in [0.5, 0.6) is 0 Å². The van der Waals surface area contributed by atoms with Crippen molar-refractivity contribution < 1.29 is 9.90 Å². The molecular formula is C16H15BrClNO2. The van der Waals surface area contributed by atoms with E-state index >= 15 is 0 Å². The van der Waals surface area contributed by atoms with E-state index in [1.54, 1.807) is 24.3 Å². The highest BCUT2D eigenvalue weighted by molar-refractivity contribution is 9.10. The van der Waals surface area contributed by atoms with Crippen molar-refractivity contribution >= 4 is 39.2 Å². The van der Waals surface area contributed by atoms with Gasteiger partial charge >= 0.3 is 5.97 Å². The molecule has 0 bridgehead atoms. The van der Waals surface area contributed by atoms with Crippen molar-refractivity contribution in [3.8, 4) is 0 Å². The second-order valence-corrected chi connectivity index (χ2v) is 6.06. The van der Waals surface area contributed by atoms with Crippen molar-refractivity contribution in [3.63, 3.8) is 0 Å². The van der Waals surface area contributed by atoms with Crippen molar-refractivity contribution in [2.45, 2.75) is 18.9 Å². The number of carbonyl (C=O) groups is 1. The zero-order valence-corrected chi connectivity index (χ0v) is 13.8. The summed E-state index contributed by atoms with van der Waals surface area (Å²) in [7, 11) is 0. The molecule has 1 unspecified atom stereocenters. The van der Waals surface area contributed by atoms with Gasteiger partial charge in [0.05, 0.1) is 0 Å². The molecule has 5 heteroatoms. The topological polar surface area (TPSA) is 49.3 Å². The normalized spacial score (nSPS) is 13.5. The molecule has 0 heterocycles. The van der Waals surface area contributed by atoms with Crippen LogP contribution in [0.2, 0.25) is 5.02 Å². The maximum absolute atomic E-state index is 11.9. The first-order valence-electron chi connectivity index (χ1n) is 6.51. The number of rotatable bonds is 5. The Balaban J connectivity index is 2.49. The van der Waals surface area contributed by atoms with Gasteiger partial charge in [0, 0.05) is 15.2 Å². The van der Waals surface area contributed by atoms with Gasteiger partial charge in [-0.1, -0.05) is 52.7 Å². The molecule has 2 rings (SSSR count). The number of carboxylic acid groups (broad SMARTS) is 1. The van der Waals surface area contributed by atoms with Crippen LogP contribution < -0.4 is 5.32 Å². The minimum atomic E-state index is -1.22. The van der Waals surface area contributed by atoms with Crippen LogP contribution in [0.15, 0.2) is 53.0 Å². The van der Waals surface area contributed by atoms with Crippen LogP contribution in [0.1, 0.15) is 18.9 Å². The molecule has 0 aliphatic rings. The highest BCUT2D eigenvalue weighted by Crippen LogP contribution is 2.32. The second-order valence-electron chi connectivity index (χ2n) is 4.71. The Morgan fingerprint density at radius 1 is 1.29 bits per heavy atom. The Labute approximate surface area is 137 Å². The maximum atomic E-state index is 11.9. The lowest BCUT2D eigenvalue weighted by Gasteiger charge is -2.31. The van der Waals surface area contributed by atoms with Crippen LogP contribution in [0.4, 0.5) is 5.69 Å². The summed E-state index contributed by atoms with van der Waals surface area (Å²) in [4.78, 5) is 11.9. The lowest BCUT2D eigenvalue weighted by molar-refractivity contribution is -0.142. The quantitative estimate of drug-likeness (QED) is 0.789. The zero-order valence-electron chi connectivity index (χ0n) is 11.4. The molecule has 0 aliphatic heterocycles. The first kappa shape index (κ1) is 15.9. The van der Waals surface area contributed by atoms with Gasteiger partial charge in [-0.15, -0.1) is 0 Å². The van der Waals surface area contributed by atoms with Crippen molar-refractivity contribution in [2.75, 3.05) is 5.32 Å². The molecule has 0 spiro atoms. The Kier molecular flexibility index (Phi) is 4.91. The van der Waals surface area contributed by atoms with E-state index < -0.39 is 11.5 Å². The molecule has 1 atom stereocenters. The third-order valence-corrected chi connectivity index (χ3v) is 4.12. The molecule has 21 heavy (non-hydrogen) atoms. The summed E-state index contributed by atoms with van der Waals surface area (Å²) in [6, 6.07) is 14.4. The summed E-state index contributed by atoms with van der Waals surface area (Å²) in [5.74, 6) is -0.938. The molecule has 2 aromatic rings. The number of aliphatic carboxylic acids is 1. The minimum Gasteiger partial charge on any atom is -0.479 e. The number of benzene rings is 2. The molecule has 2 aromatic carbocycles. The molecule has 0 saturated carbocycles. The lowest BCUT2D eigenvalue weighted by Crippen LogP contribution is -2.43. The van der Waals surface area contributed by atoms with Crippen molar-refractivity contribution in [1.82, 2.24) is 0 Å². The van der Waals surface area contributed by atoms with Gasteiger partial charge in [0.1, 0.15) is 0 Å². The number of nitrogens with one attached hydrogen (secondary N) is 1. The molecule has 0 aliphatic carbocycles. The van der Waals surface area contributed by atoms with Crippen LogP contribution in [-0.2, 0) is 10.3 Å². The second kappa shape index (κ2) is 6.50. The van der Waals surface area contributed by atoms with Gasteiger partial charge in [0.15, 0.2) is 5.54 Å². The van der Waals surface area contributed by atoms with E-state index in [0.29, 0.717) is 17.0 Å². The van der Waals surface area contributed by atoms with E-state index in [2.05, 4.69) is 21.2 Å². The molecule has 0 fully saturated rings. The van der Waals surface area contributed by atoms with Crippen LogP contribution in [0, 0.1) is 0 Å². The van der Waals surface area contributed by atoms with Crippen LogP contribution in [-0.4, -0.2) is 11.1 Å². The van der Waals surface area contributed by atoms with E-state index in [4.69, 9.17) is 11.6 Å². The molecular weight excluding hydrogens is 354 g/mol. The fourth-order valence-corrected chi connectivity index (χ4v) is 2.85. The summed E-state index contributed by atoms with van der Waals surface area (Å²) in [6.07, 6.45) is 0.384. The zero-order chi connectivity index (χ0) is 15.5. The highest BCUT2D eigenvalue weighted by Gasteiger charge is 2.38. The van der Waals surface area contributed by atoms with Gasteiger partial charge in [0.25, 0.3) is 0 Å². The van der Waals surface area contributed by atoms with E-state index in [9.17, 15) is 9.90 Å². The summed E-state index contributed by atoms with van der Waals surface area (Å²) >= 11 is 9.40. The lowest BCUT2D eigenvalue weighted by atomic mass is 9.87. The van der Waals surface area contributed by atoms with Crippen molar-refractivity contribution in [1.29, 1.82) is 0 Å². The largest absolute Gasteiger partial charge is 0.479 e. The number of hydrogen-bond donors (Lipinski definition) is 2. The predicted octanol–water partition coefficient (Wildman–Crippen LogP) is 4.90. The Bertz CT molecular complexity index is 662. The van der Waals surface area contributed by atoms with Gasteiger partial charge < -0.3 is 10.4 Å². The number of hydrogen-bond acceptors (Lipinski definition) is 2. The Hall–Kier alpha value is -1.52. The van der Waals surface area contributed by atoms with E-state index in [1.807, 2.05) is 31.2 Å². The molecule has 0 amide bonds. The summed E-state index contributed by atoms with van der Waals surface area (Å²) in [5, 5.41) is 13.4. The van der Waals surface area contributed by atoms with Gasteiger partial charge in [-0.25, -0.2) is 4.79 Å². The van der Waals surface area contributed by atoms with E-state index in [1.165, 1.54) is 0 Å². The van der Waals surface area contributed by atoms with Crippen molar-refractivity contribution in [2.24, 2.45) is 0 Å². The summed E-state index contributed by atoms with van der Waals surface area (Å²) < 4.78 is 0.883. The molecule has 0 radical (unpaired) electrons. The summed E-state index contributed by atoms with van der Waals surface area (Å²) in [5.41, 5.74) is 0.143. The number of anilines is 1. The monoisotopic (exact) mass is 367 g/mol. The van der Waals surface area contributed by atoms with Crippen LogP contribution in [0.25, 0.3) is 0 Å². The SMILES string of the molecule is CCC(Nc1cccc(Br)c1)(C(=O)O)c1cccc(Cl)c1. The number of halogens is 2. The van der Waals surface area contributed by atoms with Crippen LogP contribution in [0.3, 0.4) is 0 Å². The number of carboxylic acids is 1. The standard InChI is InChI=1S/C16H15BrClNO2/c1-2-16(15(20)21,11-5-3-7-13(18)9-11)19-14-8-4-6-12(17)10-14/h3-10,19H,2H2,1H3,(H,20,21). The van der Waals surface area contributed by atoms with Crippen molar-refractivity contribution in [3.05, 3.63) is 63.6 Å². The fraction of sp³-hybridized carbons (Fsp3) is 0.188. The minimum absolute atomic E-state index is 0.384.